The van der Waals surface area contributed by atoms with E-state index in [0.29, 0.717) is 12.1 Å². The van der Waals surface area contributed by atoms with Crippen molar-refractivity contribution in [1.29, 1.82) is 0 Å². The van der Waals surface area contributed by atoms with Gasteiger partial charge in [0, 0.05) is 19.2 Å². The molecule has 0 saturated carbocycles. The number of hydrogen-bond donors (Lipinski definition) is 0. The Kier molecular flexibility index (Phi) is 4.02. The summed E-state index contributed by atoms with van der Waals surface area (Å²) in [6.07, 6.45) is 3.01. The van der Waals surface area contributed by atoms with E-state index in [1.165, 1.54) is 12.8 Å². The van der Waals surface area contributed by atoms with Crippen LogP contribution in [0.5, 0.6) is 0 Å². The summed E-state index contributed by atoms with van der Waals surface area (Å²) in [5.74, 6) is 0. The lowest BCUT2D eigenvalue weighted by atomic mass is 10.2. The fourth-order valence-electron chi connectivity index (χ4n) is 1.75. The summed E-state index contributed by atoms with van der Waals surface area (Å²) in [5.41, 5.74) is 0. The van der Waals surface area contributed by atoms with Crippen molar-refractivity contribution >= 4 is 0 Å². The highest BCUT2D eigenvalue weighted by Gasteiger charge is 2.19. The number of likely N-dealkylation sites (N-methyl/N-ethyl adjacent to an activating group) is 1. The highest BCUT2D eigenvalue weighted by molar-refractivity contribution is 4.71. The highest BCUT2D eigenvalue weighted by Crippen LogP contribution is 2.14. The fourth-order valence-corrected chi connectivity index (χ4v) is 1.75. The third-order valence-corrected chi connectivity index (χ3v) is 2.60. The Labute approximate surface area is 75.9 Å². The lowest BCUT2D eigenvalue weighted by Gasteiger charge is -2.27. The standard InChI is InChI=1S/C10H21NO/c1-4-11(9(2)3)8-10-6-5-7-12-10/h9-10H,4-8H2,1-3H3. The summed E-state index contributed by atoms with van der Waals surface area (Å²) >= 11 is 0. The maximum Gasteiger partial charge on any atom is 0.0702 e. The lowest BCUT2D eigenvalue weighted by Crippen LogP contribution is -2.37. The lowest BCUT2D eigenvalue weighted by molar-refractivity contribution is 0.0647. The van der Waals surface area contributed by atoms with Gasteiger partial charge >= 0.3 is 0 Å². The predicted octanol–water partition coefficient (Wildman–Crippen LogP) is 1.90. The smallest absolute Gasteiger partial charge is 0.0702 e. The van der Waals surface area contributed by atoms with Gasteiger partial charge in [-0.25, -0.2) is 0 Å². The van der Waals surface area contributed by atoms with Crippen LogP contribution in [0.1, 0.15) is 33.6 Å². The molecule has 0 aromatic heterocycles. The summed E-state index contributed by atoms with van der Waals surface area (Å²) in [6.45, 7) is 9.94. The summed E-state index contributed by atoms with van der Waals surface area (Å²) in [7, 11) is 0. The van der Waals surface area contributed by atoms with Crippen LogP contribution >= 0.6 is 0 Å². The first-order chi connectivity index (χ1) is 5.74. The Morgan fingerprint density at radius 1 is 1.50 bits per heavy atom. The number of nitrogens with zero attached hydrogens (tertiary/aromatic N) is 1. The van der Waals surface area contributed by atoms with Gasteiger partial charge in [-0.1, -0.05) is 6.92 Å². The Bertz CT molecular complexity index is 119. The second-order valence-electron chi connectivity index (χ2n) is 3.82. The first-order valence-electron chi connectivity index (χ1n) is 5.09. The quantitative estimate of drug-likeness (QED) is 0.640. The minimum absolute atomic E-state index is 0.507. The maximum atomic E-state index is 5.59. The second kappa shape index (κ2) is 4.83. The molecule has 0 radical (unpaired) electrons. The third-order valence-electron chi connectivity index (χ3n) is 2.60. The Morgan fingerprint density at radius 2 is 2.25 bits per heavy atom. The van der Waals surface area contributed by atoms with Gasteiger partial charge in [0.05, 0.1) is 6.10 Å². The molecule has 1 saturated heterocycles. The molecule has 1 aliphatic heterocycles. The molecule has 12 heavy (non-hydrogen) atoms. The minimum Gasteiger partial charge on any atom is -0.377 e. The molecule has 0 aliphatic carbocycles. The number of hydrogen-bond acceptors (Lipinski definition) is 2. The molecule has 1 unspecified atom stereocenters. The SMILES string of the molecule is CCN(CC1CCCO1)C(C)C. The van der Waals surface area contributed by atoms with Gasteiger partial charge in [-0.15, -0.1) is 0 Å². The first kappa shape index (κ1) is 10.0. The van der Waals surface area contributed by atoms with Gasteiger partial charge in [-0.3, -0.25) is 4.90 Å². The number of rotatable bonds is 4. The normalized spacial score (nSPS) is 24.2. The van der Waals surface area contributed by atoms with Crippen molar-refractivity contribution in [2.75, 3.05) is 19.7 Å². The summed E-state index contributed by atoms with van der Waals surface area (Å²) in [5, 5.41) is 0. The summed E-state index contributed by atoms with van der Waals surface area (Å²) in [6, 6.07) is 0.652. The van der Waals surface area contributed by atoms with Crippen molar-refractivity contribution in [1.82, 2.24) is 4.90 Å². The topological polar surface area (TPSA) is 12.5 Å². The average Bonchev–Trinajstić information content (AvgIpc) is 2.51. The van der Waals surface area contributed by atoms with Gasteiger partial charge in [0.1, 0.15) is 0 Å². The molecule has 0 spiro atoms. The fraction of sp³-hybridized carbons (Fsp3) is 1.00. The Morgan fingerprint density at radius 3 is 2.67 bits per heavy atom. The minimum atomic E-state index is 0.507. The van der Waals surface area contributed by atoms with E-state index >= 15 is 0 Å². The Balaban J connectivity index is 2.26. The van der Waals surface area contributed by atoms with E-state index in [4.69, 9.17) is 4.74 Å². The van der Waals surface area contributed by atoms with Crippen LogP contribution in [0.2, 0.25) is 0 Å². The van der Waals surface area contributed by atoms with Gasteiger partial charge in [0.2, 0.25) is 0 Å². The van der Waals surface area contributed by atoms with Gasteiger partial charge in [0.15, 0.2) is 0 Å². The van der Waals surface area contributed by atoms with E-state index in [1.807, 2.05) is 0 Å². The second-order valence-corrected chi connectivity index (χ2v) is 3.82. The predicted molar refractivity (Wildman–Crippen MR) is 51.4 cm³/mol. The van der Waals surface area contributed by atoms with Crippen LogP contribution in [0, 0.1) is 0 Å². The van der Waals surface area contributed by atoms with Gasteiger partial charge < -0.3 is 4.74 Å². The molecule has 1 atom stereocenters. The zero-order valence-electron chi connectivity index (χ0n) is 8.55. The summed E-state index contributed by atoms with van der Waals surface area (Å²) < 4.78 is 5.59. The zero-order chi connectivity index (χ0) is 8.97. The van der Waals surface area contributed by atoms with Crippen molar-refractivity contribution < 1.29 is 4.74 Å². The van der Waals surface area contributed by atoms with E-state index in [2.05, 4.69) is 25.7 Å². The van der Waals surface area contributed by atoms with Crippen LogP contribution in [0.25, 0.3) is 0 Å². The molecule has 2 nitrogen and oxygen atoms in total. The zero-order valence-corrected chi connectivity index (χ0v) is 8.55. The van der Waals surface area contributed by atoms with Crippen LogP contribution in [0.3, 0.4) is 0 Å². The van der Waals surface area contributed by atoms with E-state index in [0.717, 1.165) is 19.7 Å². The molecular weight excluding hydrogens is 150 g/mol. The molecule has 0 N–H and O–H groups in total. The molecule has 2 heteroatoms. The molecule has 0 bridgehead atoms. The van der Waals surface area contributed by atoms with Crippen molar-refractivity contribution in [3.05, 3.63) is 0 Å². The van der Waals surface area contributed by atoms with Crippen molar-refractivity contribution in [2.24, 2.45) is 0 Å². The van der Waals surface area contributed by atoms with Gasteiger partial charge in [0.25, 0.3) is 0 Å². The maximum absolute atomic E-state index is 5.59. The van der Waals surface area contributed by atoms with Gasteiger partial charge in [-0.05, 0) is 33.2 Å². The monoisotopic (exact) mass is 171 g/mol. The van der Waals surface area contributed by atoms with Crippen molar-refractivity contribution in [3.63, 3.8) is 0 Å². The molecule has 1 fully saturated rings. The molecule has 1 aliphatic rings. The van der Waals surface area contributed by atoms with E-state index < -0.39 is 0 Å². The van der Waals surface area contributed by atoms with E-state index in [-0.39, 0.29) is 0 Å². The van der Waals surface area contributed by atoms with Gasteiger partial charge in [-0.2, -0.15) is 0 Å². The molecule has 0 aromatic carbocycles. The molecule has 1 rings (SSSR count). The molecule has 72 valence electrons. The molecule has 1 heterocycles. The molecule has 0 amide bonds. The largest absolute Gasteiger partial charge is 0.377 e. The van der Waals surface area contributed by atoms with E-state index in [9.17, 15) is 0 Å². The number of ether oxygens (including phenoxy) is 1. The van der Waals surface area contributed by atoms with Crippen molar-refractivity contribution in [2.45, 2.75) is 45.8 Å². The third kappa shape index (κ3) is 2.76. The Hall–Kier alpha value is -0.0800. The van der Waals surface area contributed by atoms with E-state index in [1.54, 1.807) is 0 Å². The van der Waals surface area contributed by atoms with Crippen LogP contribution in [0.15, 0.2) is 0 Å². The van der Waals surface area contributed by atoms with Crippen LogP contribution in [-0.4, -0.2) is 36.7 Å². The average molecular weight is 171 g/mol. The van der Waals surface area contributed by atoms with Crippen LogP contribution < -0.4 is 0 Å². The van der Waals surface area contributed by atoms with Crippen LogP contribution in [-0.2, 0) is 4.74 Å². The van der Waals surface area contributed by atoms with Crippen LogP contribution in [0.4, 0.5) is 0 Å². The molecular formula is C10H21NO. The molecule has 0 aromatic rings. The summed E-state index contributed by atoms with van der Waals surface area (Å²) in [4.78, 5) is 2.47. The van der Waals surface area contributed by atoms with Crippen molar-refractivity contribution in [3.8, 4) is 0 Å². The highest BCUT2D eigenvalue weighted by atomic mass is 16.5. The first-order valence-corrected chi connectivity index (χ1v) is 5.09.